The summed E-state index contributed by atoms with van der Waals surface area (Å²) in [6.45, 7) is 0.104. The molecule has 1 aromatic heterocycles. The number of hydrogen-bond donors (Lipinski definition) is 1. The lowest BCUT2D eigenvalue weighted by Crippen LogP contribution is -2.23. The average Bonchev–Trinajstić information content (AvgIpc) is 2.77. The summed E-state index contributed by atoms with van der Waals surface area (Å²) >= 11 is 17.5. The molecule has 0 saturated heterocycles. The normalized spacial score (nSPS) is 11.8. The number of nitrogens with zero attached hydrogens (tertiary/aromatic N) is 2. The highest BCUT2D eigenvalue weighted by molar-refractivity contribution is 7.89. The van der Waals surface area contributed by atoms with Crippen molar-refractivity contribution in [1.82, 2.24) is 14.5 Å². The number of sulfonamides is 1. The SMILES string of the molecule is Cn1cc(CNS(=O)(=O)c2cc(Cl)c(Cl)cc2Cl)cn1. The molecule has 0 aliphatic carbocycles. The molecule has 0 atom stereocenters. The van der Waals surface area contributed by atoms with Crippen LogP contribution in [0.2, 0.25) is 15.1 Å². The molecule has 0 spiro atoms. The smallest absolute Gasteiger partial charge is 0.242 e. The Morgan fingerprint density at radius 2 is 1.85 bits per heavy atom. The number of benzene rings is 1. The van der Waals surface area contributed by atoms with Crippen molar-refractivity contribution >= 4 is 44.8 Å². The first-order valence-corrected chi connectivity index (χ1v) is 8.03. The highest BCUT2D eigenvalue weighted by Gasteiger charge is 2.19. The molecule has 0 amide bonds. The lowest BCUT2D eigenvalue weighted by Gasteiger charge is -2.08. The number of hydrogen-bond acceptors (Lipinski definition) is 3. The third-order valence-corrected chi connectivity index (χ3v) is 5.08. The minimum atomic E-state index is -3.78. The van der Waals surface area contributed by atoms with Gasteiger partial charge in [0.25, 0.3) is 0 Å². The first-order chi connectivity index (χ1) is 9.29. The summed E-state index contributed by atoms with van der Waals surface area (Å²) in [6.07, 6.45) is 3.28. The van der Waals surface area contributed by atoms with E-state index in [2.05, 4.69) is 9.82 Å². The standard InChI is InChI=1S/C11H10Cl3N3O2S/c1-17-6-7(4-15-17)5-16-20(18,19)11-3-9(13)8(12)2-10(11)14/h2-4,6,16H,5H2,1H3. The molecule has 2 rings (SSSR count). The monoisotopic (exact) mass is 353 g/mol. The van der Waals surface area contributed by atoms with E-state index in [0.717, 1.165) is 5.56 Å². The number of nitrogens with one attached hydrogen (secondary N) is 1. The van der Waals surface area contributed by atoms with Gasteiger partial charge in [-0.3, -0.25) is 4.68 Å². The zero-order chi connectivity index (χ0) is 14.9. The summed E-state index contributed by atoms with van der Waals surface area (Å²) in [4.78, 5) is -0.113. The van der Waals surface area contributed by atoms with Crippen molar-refractivity contribution in [2.75, 3.05) is 0 Å². The lowest BCUT2D eigenvalue weighted by molar-refractivity contribution is 0.581. The van der Waals surface area contributed by atoms with E-state index in [1.807, 2.05) is 0 Å². The molecule has 1 N–H and O–H groups in total. The van der Waals surface area contributed by atoms with Crippen molar-refractivity contribution in [3.05, 3.63) is 45.2 Å². The Bertz CT molecular complexity index is 743. The minimum Gasteiger partial charge on any atom is -0.275 e. The Labute approximate surface area is 131 Å². The quantitative estimate of drug-likeness (QED) is 0.859. The third-order valence-electron chi connectivity index (χ3n) is 2.49. The summed E-state index contributed by atoms with van der Waals surface area (Å²) in [5, 5.41) is 4.28. The fourth-order valence-electron chi connectivity index (χ4n) is 1.53. The molecule has 0 aliphatic heterocycles. The van der Waals surface area contributed by atoms with Crippen molar-refractivity contribution in [3.63, 3.8) is 0 Å². The Morgan fingerprint density at radius 1 is 1.20 bits per heavy atom. The maximum atomic E-state index is 12.2. The van der Waals surface area contributed by atoms with E-state index in [1.54, 1.807) is 24.1 Å². The molecule has 0 aliphatic rings. The first kappa shape index (κ1) is 15.6. The van der Waals surface area contributed by atoms with E-state index >= 15 is 0 Å². The van der Waals surface area contributed by atoms with E-state index in [9.17, 15) is 8.42 Å². The van der Waals surface area contributed by atoms with E-state index in [-0.39, 0.29) is 26.5 Å². The van der Waals surface area contributed by atoms with Gasteiger partial charge in [0.1, 0.15) is 4.90 Å². The van der Waals surface area contributed by atoms with Crippen LogP contribution < -0.4 is 4.72 Å². The van der Waals surface area contributed by atoms with Crippen LogP contribution in [0.4, 0.5) is 0 Å². The predicted octanol–water partition coefficient (Wildman–Crippen LogP) is 2.86. The molecule has 0 saturated carbocycles. The van der Waals surface area contributed by atoms with Gasteiger partial charge in [0.15, 0.2) is 0 Å². The van der Waals surface area contributed by atoms with Crippen LogP contribution in [0.15, 0.2) is 29.4 Å². The molecule has 1 heterocycles. The molecule has 20 heavy (non-hydrogen) atoms. The number of aromatic nitrogens is 2. The Hall–Kier alpha value is -0.790. The van der Waals surface area contributed by atoms with Gasteiger partial charge in [-0.2, -0.15) is 5.10 Å². The van der Waals surface area contributed by atoms with Crippen LogP contribution in [0.25, 0.3) is 0 Å². The van der Waals surface area contributed by atoms with Crippen molar-refractivity contribution in [2.45, 2.75) is 11.4 Å². The maximum Gasteiger partial charge on any atom is 0.242 e. The van der Waals surface area contributed by atoms with Gasteiger partial charge < -0.3 is 0 Å². The maximum absolute atomic E-state index is 12.2. The van der Waals surface area contributed by atoms with Crippen LogP contribution in [-0.4, -0.2) is 18.2 Å². The molecular weight excluding hydrogens is 345 g/mol. The fourth-order valence-corrected chi connectivity index (χ4v) is 3.55. The van der Waals surface area contributed by atoms with Crippen LogP contribution in [0.3, 0.4) is 0 Å². The van der Waals surface area contributed by atoms with Crippen LogP contribution in [-0.2, 0) is 23.6 Å². The first-order valence-electron chi connectivity index (χ1n) is 5.41. The second kappa shape index (κ2) is 5.91. The molecular formula is C11H10Cl3N3O2S. The summed E-state index contributed by atoms with van der Waals surface area (Å²) in [5.74, 6) is 0. The molecule has 5 nitrogen and oxygen atoms in total. The van der Waals surface area contributed by atoms with Crippen molar-refractivity contribution in [3.8, 4) is 0 Å². The number of halogens is 3. The zero-order valence-corrected chi connectivity index (χ0v) is 13.4. The van der Waals surface area contributed by atoms with Gasteiger partial charge >= 0.3 is 0 Å². The number of aryl methyl sites for hydroxylation is 1. The molecule has 0 unspecified atom stereocenters. The van der Waals surface area contributed by atoms with Crippen molar-refractivity contribution in [2.24, 2.45) is 7.05 Å². The summed E-state index contributed by atoms with van der Waals surface area (Å²) in [5.41, 5.74) is 0.729. The molecule has 2 aromatic rings. The van der Waals surface area contributed by atoms with Gasteiger partial charge in [-0.1, -0.05) is 34.8 Å². The molecule has 9 heteroatoms. The van der Waals surface area contributed by atoms with E-state index in [0.29, 0.717) is 0 Å². The van der Waals surface area contributed by atoms with Crippen molar-refractivity contribution in [1.29, 1.82) is 0 Å². The van der Waals surface area contributed by atoms with Gasteiger partial charge in [-0.15, -0.1) is 0 Å². The lowest BCUT2D eigenvalue weighted by atomic mass is 10.4. The van der Waals surface area contributed by atoms with Gasteiger partial charge in [-0.05, 0) is 12.1 Å². The molecule has 0 fully saturated rings. The van der Waals surface area contributed by atoms with E-state index < -0.39 is 10.0 Å². The topological polar surface area (TPSA) is 64.0 Å². The van der Waals surface area contributed by atoms with Crippen LogP contribution in [0.1, 0.15) is 5.56 Å². The molecule has 0 radical (unpaired) electrons. The fraction of sp³-hybridized carbons (Fsp3) is 0.182. The second-order valence-electron chi connectivity index (χ2n) is 4.04. The molecule has 108 valence electrons. The summed E-state index contributed by atoms with van der Waals surface area (Å²) in [7, 11) is -2.04. The minimum absolute atomic E-state index is 0.0121. The van der Waals surface area contributed by atoms with E-state index in [1.165, 1.54) is 12.1 Å². The largest absolute Gasteiger partial charge is 0.275 e. The third kappa shape index (κ3) is 3.45. The Balaban J connectivity index is 2.24. The average molecular weight is 355 g/mol. The van der Waals surface area contributed by atoms with Gasteiger partial charge in [0.2, 0.25) is 10.0 Å². The Kier molecular flexibility index (Phi) is 4.61. The predicted molar refractivity (Wildman–Crippen MR) is 78.7 cm³/mol. The van der Waals surface area contributed by atoms with Crippen LogP contribution in [0.5, 0.6) is 0 Å². The van der Waals surface area contributed by atoms with Crippen molar-refractivity contribution < 1.29 is 8.42 Å². The van der Waals surface area contributed by atoms with E-state index in [4.69, 9.17) is 34.8 Å². The zero-order valence-electron chi connectivity index (χ0n) is 10.3. The highest BCUT2D eigenvalue weighted by Crippen LogP contribution is 2.31. The van der Waals surface area contributed by atoms with Crippen LogP contribution in [0, 0.1) is 0 Å². The molecule has 1 aromatic carbocycles. The summed E-state index contributed by atoms with van der Waals surface area (Å²) < 4.78 is 28.3. The van der Waals surface area contributed by atoms with Gasteiger partial charge in [-0.25, -0.2) is 13.1 Å². The highest BCUT2D eigenvalue weighted by atomic mass is 35.5. The van der Waals surface area contributed by atoms with Gasteiger partial charge in [0, 0.05) is 25.4 Å². The Morgan fingerprint density at radius 3 is 2.45 bits per heavy atom. The second-order valence-corrected chi connectivity index (χ2v) is 7.00. The number of rotatable bonds is 4. The van der Waals surface area contributed by atoms with Gasteiger partial charge in [0.05, 0.1) is 21.3 Å². The summed E-state index contributed by atoms with van der Waals surface area (Å²) in [6, 6.07) is 2.52. The molecule has 0 bridgehead atoms. The van der Waals surface area contributed by atoms with Crippen LogP contribution >= 0.6 is 34.8 Å².